The molecule has 6 heteroatoms. The van der Waals surface area contributed by atoms with E-state index in [1.54, 1.807) is 0 Å². The minimum absolute atomic E-state index is 0.0358. The van der Waals surface area contributed by atoms with E-state index in [0.717, 1.165) is 67.6 Å². The molecule has 0 N–H and O–H groups in total. The molecule has 1 saturated heterocycles. The Morgan fingerprint density at radius 3 is 2.55 bits per heavy atom. The van der Waals surface area contributed by atoms with E-state index >= 15 is 0 Å². The van der Waals surface area contributed by atoms with E-state index in [2.05, 4.69) is 81.0 Å². The van der Waals surface area contributed by atoms with Crippen molar-refractivity contribution in [1.82, 2.24) is 9.80 Å². The second kappa shape index (κ2) is 10.7. The Morgan fingerprint density at radius 1 is 1.02 bits per heavy atom. The van der Waals surface area contributed by atoms with Crippen LogP contribution in [0.4, 0.5) is 5.69 Å². The number of aryl methyl sites for hydroxylation is 1. The molecule has 0 aromatic heterocycles. The molecule has 2 aromatic carbocycles. The summed E-state index contributed by atoms with van der Waals surface area (Å²) in [4.78, 5) is 26.1. The van der Waals surface area contributed by atoms with E-state index in [1.165, 1.54) is 27.8 Å². The predicted octanol–water partition coefficient (Wildman–Crippen LogP) is 6.16. The van der Waals surface area contributed by atoms with Crippen LogP contribution < -0.4 is 4.90 Å². The van der Waals surface area contributed by atoms with Crippen molar-refractivity contribution < 1.29 is 9.53 Å². The summed E-state index contributed by atoms with van der Waals surface area (Å²) >= 11 is 0. The third kappa shape index (κ3) is 4.68. The average Bonchev–Trinajstić information content (AvgIpc) is 3.46. The fourth-order valence-corrected chi connectivity index (χ4v) is 6.42. The highest BCUT2D eigenvalue weighted by atomic mass is 16.5. The maximum absolute atomic E-state index is 14.1. The zero-order chi connectivity index (χ0) is 28.0. The fourth-order valence-electron chi connectivity index (χ4n) is 6.42. The second-order valence-electron chi connectivity index (χ2n) is 11.8. The van der Waals surface area contributed by atoms with Crippen LogP contribution in [0.5, 0.6) is 0 Å². The quantitative estimate of drug-likeness (QED) is 0.469. The Kier molecular flexibility index (Phi) is 7.13. The molecule has 2 unspecified atom stereocenters. The van der Waals surface area contributed by atoms with E-state index in [-0.39, 0.29) is 11.9 Å². The number of hydrogen-bond acceptors (Lipinski definition) is 5. The van der Waals surface area contributed by atoms with E-state index in [0.29, 0.717) is 12.5 Å². The number of ether oxygens (including phenoxy) is 1. The lowest BCUT2D eigenvalue weighted by Crippen LogP contribution is -2.50. The summed E-state index contributed by atoms with van der Waals surface area (Å²) < 4.78 is 5.68. The highest BCUT2D eigenvalue weighted by molar-refractivity contribution is 6.04. The molecule has 6 nitrogen and oxygen atoms in total. The topological polar surface area (TPSA) is 48.4 Å². The number of allylic oxidation sites excluding steroid dienone is 3. The van der Waals surface area contributed by atoms with Gasteiger partial charge in [-0.15, -0.1) is 0 Å². The normalized spacial score (nSPS) is 22.8. The van der Waals surface area contributed by atoms with Gasteiger partial charge in [-0.25, -0.2) is 4.99 Å². The van der Waals surface area contributed by atoms with Crippen molar-refractivity contribution in [3.8, 4) is 0 Å². The molecular formula is C34H40N4O2. The van der Waals surface area contributed by atoms with E-state index in [4.69, 9.17) is 9.73 Å². The summed E-state index contributed by atoms with van der Waals surface area (Å²) in [6.07, 6.45) is 5.12. The van der Waals surface area contributed by atoms with Gasteiger partial charge in [-0.3, -0.25) is 9.69 Å². The van der Waals surface area contributed by atoms with E-state index in [1.807, 2.05) is 23.1 Å². The third-order valence-electron chi connectivity index (χ3n) is 9.13. The van der Waals surface area contributed by atoms with Crippen molar-refractivity contribution in [2.75, 3.05) is 38.3 Å². The summed E-state index contributed by atoms with van der Waals surface area (Å²) in [6, 6.07) is 16.8. The predicted molar refractivity (Wildman–Crippen MR) is 161 cm³/mol. The first-order chi connectivity index (χ1) is 19.3. The maximum Gasteiger partial charge on any atom is 0.261 e. The summed E-state index contributed by atoms with van der Waals surface area (Å²) in [6.45, 7) is 11.7. The first-order valence-corrected chi connectivity index (χ1v) is 14.6. The molecule has 4 heterocycles. The van der Waals surface area contributed by atoms with Gasteiger partial charge in [-0.1, -0.05) is 36.4 Å². The fraction of sp³-hybridized carbons (Fsp3) is 0.412. The summed E-state index contributed by atoms with van der Waals surface area (Å²) in [7, 11) is 2.15. The maximum atomic E-state index is 14.1. The first kappa shape index (κ1) is 26.6. The van der Waals surface area contributed by atoms with Gasteiger partial charge >= 0.3 is 0 Å². The molecule has 0 bridgehead atoms. The van der Waals surface area contributed by atoms with Crippen molar-refractivity contribution in [1.29, 1.82) is 0 Å². The molecule has 0 radical (unpaired) electrons. The Labute approximate surface area is 238 Å². The van der Waals surface area contributed by atoms with Gasteiger partial charge in [0.1, 0.15) is 11.7 Å². The minimum Gasteiger partial charge on any atom is -0.381 e. The first-order valence-electron chi connectivity index (χ1n) is 14.6. The number of fused-ring (bicyclic) bond motifs is 4. The Bertz CT molecular complexity index is 1460. The molecule has 40 heavy (non-hydrogen) atoms. The number of amides is 1. The van der Waals surface area contributed by atoms with Crippen molar-refractivity contribution in [2.24, 2.45) is 10.9 Å². The molecule has 1 amide bonds. The van der Waals surface area contributed by atoms with Crippen LogP contribution in [0.2, 0.25) is 0 Å². The van der Waals surface area contributed by atoms with Crippen LogP contribution in [-0.2, 0) is 11.2 Å². The van der Waals surface area contributed by atoms with E-state index in [9.17, 15) is 4.79 Å². The minimum atomic E-state index is 0.0358. The lowest BCUT2D eigenvalue weighted by atomic mass is 9.94. The highest BCUT2D eigenvalue weighted by Gasteiger charge is 2.39. The Balaban J connectivity index is 1.43. The lowest BCUT2D eigenvalue weighted by molar-refractivity contribution is 0.0801. The van der Waals surface area contributed by atoms with Crippen molar-refractivity contribution in [3.05, 3.63) is 99.5 Å². The van der Waals surface area contributed by atoms with Gasteiger partial charge in [0.25, 0.3) is 5.91 Å². The number of anilines is 1. The van der Waals surface area contributed by atoms with Crippen molar-refractivity contribution in [3.63, 3.8) is 0 Å². The number of aliphatic imine (C=N–C) groups is 1. The van der Waals surface area contributed by atoms with Gasteiger partial charge in [-0.2, -0.15) is 0 Å². The smallest absolute Gasteiger partial charge is 0.261 e. The summed E-state index contributed by atoms with van der Waals surface area (Å²) in [5, 5.41) is 0. The van der Waals surface area contributed by atoms with Gasteiger partial charge in [0.2, 0.25) is 0 Å². The molecule has 0 spiro atoms. The molecule has 6 rings (SSSR count). The molecule has 0 aliphatic carbocycles. The van der Waals surface area contributed by atoms with Crippen LogP contribution >= 0.6 is 0 Å². The van der Waals surface area contributed by atoms with Gasteiger partial charge in [0, 0.05) is 31.7 Å². The number of para-hydroxylation sites is 1. The zero-order valence-corrected chi connectivity index (χ0v) is 24.4. The number of carbonyl (C=O) groups is 1. The zero-order valence-electron chi connectivity index (χ0n) is 24.4. The van der Waals surface area contributed by atoms with Crippen LogP contribution in [0.3, 0.4) is 0 Å². The Hall–Kier alpha value is -3.64. The largest absolute Gasteiger partial charge is 0.381 e. The van der Waals surface area contributed by atoms with Gasteiger partial charge < -0.3 is 14.5 Å². The monoisotopic (exact) mass is 536 g/mol. The standard InChI is InChI=1S/C34H40N4O2/c1-22-14-15-27-10-6-7-11-28(27)33(36(5)19-26-16-17-40-21-26)35-30(22)20-37-32-18-23(2)24(3)25(4)38(32)31-13-9-8-12-29(31)34(37)39/h6-13,18,25-26H,14-17,19-21H2,1-5H3. The number of benzene rings is 2. The molecule has 0 saturated carbocycles. The molecule has 4 aliphatic rings. The van der Waals surface area contributed by atoms with Crippen LogP contribution in [0.1, 0.15) is 62.0 Å². The molecule has 208 valence electrons. The van der Waals surface area contributed by atoms with Crippen LogP contribution in [0.15, 0.2) is 87.8 Å². The number of nitrogens with zero attached hydrogens (tertiary/aromatic N) is 4. The van der Waals surface area contributed by atoms with Crippen LogP contribution in [0.25, 0.3) is 0 Å². The summed E-state index contributed by atoms with van der Waals surface area (Å²) in [5.74, 6) is 2.46. The molecular weight excluding hydrogens is 496 g/mol. The molecule has 2 aromatic rings. The van der Waals surface area contributed by atoms with Crippen molar-refractivity contribution >= 4 is 17.4 Å². The van der Waals surface area contributed by atoms with Gasteiger partial charge in [0.05, 0.1) is 36.1 Å². The van der Waals surface area contributed by atoms with E-state index < -0.39 is 0 Å². The molecule has 1 fully saturated rings. The summed E-state index contributed by atoms with van der Waals surface area (Å²) in [5.41, 5.74) is 8.99. The second-order valence-corrected chi connectivity index (χ2v) is 11.8. The van der Waals surface area contributed by atoms with Crippen LogP contribution in [0, 0.1) is 5.92 Å². The highest BCUT2D eigenvalue weighted by Crippen LogP contribution is 2.40. The Morgan fingerprint density at radius 2 is 1.77 bits per heavy atom. The SMILES string of the molecule is CC1=C(C)C(C)N2C(=C1)N(CC1=C(C)CCc3ccccc3C(N(C)CC3CCOC3)=N1)C(=O)c1ccccc12. The lowest BCUT2D eigenvalue weighted by Gasteiger charge is -2.46. The van der Waals surface area contributed by atoms with Crippen LogP contribution in [-0.4, -0.2) is 60.9 Å². The number of hydrogen-bond donors (Lipinski definition) is 0. The number of carbonyl (C=O) groups excluding carboxylic acids is 1. The van der Waals surface area contributed by atoms with Gasteiger partial charge in [-0.05, 0) is 87.4 Å². The molecule has 4 aliphatic heterocycles. The number of rotatable bonds is 4. The third-order valence-corrected chi connectivity index (χ3v) is 9.13. The average molecular weight is 537 g/mol. The van der Waals surface area contributed by atoms with Gasteiger partial charge in [0.15, 0.2) is 0 Å². The number of amidine groups is 1. The van der Waals surface area contributed by atoms with Crippen molar-refractivity contribution in [2.45, 2.75) is 53.0 Å². The molecule has 2 atom stereocenters.